The Kier molecular flexibility index (Phi) is 10.0. The third-order valence-corrected chi connectivity index (χ3v) is 6.79. The first-order valence-corrected chi connectivity index (χ1v) is 13.2. The molecule has 2 rings (SSSR count). The lowest BCUT2D eigenvalue weighted by Gasteiger charge is -2.32. The fraction of sp³-hybridized carbons (Fsp3) is 0.391. The normalized spacial score (nSPS) is 12.1. The van der Waals surface area contributed by atoms with Crippen molar-refractivity contribution in [2.24, 2.45) is 0 Å². The fourth-order valence-electron chi connectivity index (χ4n) is 3.42. The van der Waals surface area contributed by atoms with Crippen LogP contribution in [0.3, 0.4) is 0 Å². The number of anilines is 1. The highest BCUT2D eigenvalue weighted by atomic mass is 35.5. The van der Waals surface area contributed by atoms with Gasteiger partial charge in [-0.05, 0) is 49.2 Å². The lowest BCUT2D eigenvalue weighted by molar-refractivity contribution is -0.140. The Balaban J connectivity index is 2.44. The Morgan fingerprint density at radius 1 is 1.09 bits per heavy atom. The zero-order chi connectivity index (χ0) is 25.5. The van der Waals surface area contributed by atoms with Crippen LogP contribution in [0.4, 0.5) is 5.69 Å². The summed E-state index contributed by atoms with van der Waals surface area (Å²) in [4.78, 5) is 27.6. The molecule has 0 saturated carbocycles. The van der Waals surface area contributed by atoms with Crippen molar-refractivity contribution >= 4 is 50.7 Å². The summed E-state index contributed by atoms with van der Waals surface area (Å²) in [6.45, 7) is 3.57. The molecule has 2 aromatic rings. The number of nitrogens with one attached hydrogen (secondary N) is 1. The molecule has 2 amide bonds. The molecule has 0 aliphatic carbocycles. The number of benzene rings is 2. The molecule has 0 aromatic heterocycles. The molecular formula is C23H29Cl2N3O5S. The van der Waals surface area contributed by atoms with Gasteiger partial charge in [0, 0.05) is 18.1 Å². The Bertz CT molecular complexity index is 1110. The second-order valence-electron chi connectivity index (χ2n) is 7.56. The van der Waals surface area contributed by atoms with E-state index in [9.17, 15) is 18.0 Å². The number of rotatable bonds is 11. The van der Waals surface area contributed by atoms with E-state index in [0.717, 1.165) is 16.1 Å². The first-order chi connectivity index (χ1) is 16.0. The number of methoxy groups -OCH3 is 1. The van der Waals surface area contributed by atoms with Gasteiger partial charge in [0.2, 0.25) is 21.8 Å². The van der Waals surface area contributed by atoms with Crippen molar-refractivity contribution < 1.29 is 22.7 Å². The Labute approximate surface area is 210 Å². The van der Waals surface area contributed by atoms with Gasteiger partial charge in [-0.1, -0.05) is 42.3 Å². The predicted molar refractivity (Wildman–Crippen MR) is 135 cm³/mol. The van der Waals surface area contributed by atoms with E-state index in [1.807, 2.05) is 0 Å². The van der Waals surface area contributed by atoms with Gasteiger partial charge in [0.05, 0.1) is 24.1 Å². The van der Waals surface area contributed by atoms with Crippen LogP contribution in [0, 0.1) is 0 Å². The van der Waals surface area contributed by atoms with Crippen LogP contribution in [0.5, 0.6) is 5.75 Å². The number of carbonyl (C=O) groups excluding carboxylic acids is 2. The molecule has 0 bridgehead atoms. The Morgan fingerprint density at radius 3 is 2.24 bits per heavy atom. The first kappa shape index (κ1) is 27.8. The van der Waals surface area contributed by atoms with Gasteiger partial charge in [-0.2, -0.15) is 0 Å². The molecule has 0 radical (unpaired) electrons. The van der Waals surface area contributed by atoms with Crippen LogP contribution in [0.25, 0.3) is 0 Å². The van der Waals surface area contributed by atoms with Crippen LogP contribution in [0.2, 0.25) is 10.0 Å². The topological polar surface area (TPSA) is 96.0 Å². The van der Waals surface area contributed by atoms with Gasteiger partial charge in [-0.25, -0.2) is 8.42 Å². The number of halogens is 2. The van der Waals surface area contributed by atoms with Crippen molar-refractivity contribution in [2.45, 2.75) is 32.9 Å². The summed E-state index contributed by atoms with van der Waals surface area (Å²) in [6.07, 6.45) is 1.35. The minimum atomic E-state index is -3.86. The number of ether oxygens (including phenoxy) is 1. The summed E-state index contributed by atoms with van der Waals surface area (Å²) in [6, 6.07) is 10.5. The maximum absolute atomic E-state index is 13.5. The van der Waals surface area contributed by atoms with Crippen LogP contribution >= 0.6 is 23.2 Å². The second-order valence-corrected chi connectivity index (χ2v) is 10.3. The third-order valence-electron chi connectivity index (χ3n) is 5.11. The lowest BCUT2D eigenvalue weighted by atomic mass is 10.1. The van der Waals surface area contributed by atoms with Crippen LogP contribution in [-0.2, 0) is 26.2 Å². The van der Waals surface area contributed by atoms with Crippen molar-refractivity contribution in [3.8, 4) is 5.75 Å². The van der Waals surface area contributed by atoms with E-state index in [1.54, 1.807) is 38.1 Å². The Hall–Kier alpha value is -2.49. The average molecular weight is 530 g/mol. The van der Waals surface area contributed by atoms with Crippen LogP contribution in [0.15, 0.2) is 42.5 Å². The van der Waals surface area contributed by atoms with Gasteiger partial charge in [0.1, 0.15) is 18.3 Å². The molecular weight excluding hydrogens is 501 g/mol. The molecule has 1 N–H and O–H groups in total. The molecule has 8 nitrogen and oxygen atoms in total. The smallest absolute Gasteiger partial charge is 0.244 e. The molecule has 11 heteroatoms. The van der Waals surface area contributed by atoms with Gasteiger partial charge in [-0.3, -0.25) is 13.9 Å². The molecule has 0 fully saturated rings. The number of hydrogen-bond donors (Lipinski definition) is 1. The number of amides is 2. The van der Waals surface area contributed by atoms with Gasteiger partial charge in [0.15, 0.2) is 0 Å². The number of hydrogen-bond acceptors (Lipinski definition) is 5. The van der Waals surface area contributed by atoms with Crippen molar-refractivity contribution in [3.05, 3.63) is 58.1 Å². The first-order valence-electron chi connectivity index (χ1n) is 10.6. The molecule has 0 aliphatic heterocycles. The average Bonchev–Trinajstić information content (AvgIpc) is 2.77. The monoisotopic (exact) mass is 529 g/mol. The molecule has 34 heavy (non-hydrogen) atoms. The summed E-state index contributed by atoms with van der Waals surface area (Å²) in [7, 11) is -2.41. The van der Waals surface area contributed by atoms with E-state index in [0.29, 0.717) is 23.7 Å². The zero-order valence-electron chi connectivity index (χ0n) is 19.5. The molecule has 2 aromatic carbocycles. The Morgan fingerprint density at radius 2 is 1.74 bits per heavy atom. The summed E-state index contributed by atoms with van der Waals surface area (Å²) >= 11 is 12.2. The predicted octanol–water partition coefficient (Wildman–Crippen LogP) is 3.71. The van der Waals surface area contributed by atoms with E-state index < -0.39 is 28.5 Å². The summed E-state index contributed by atoms with van der Waals surface area (Å²) in [5, 5.41) is 3.49. The molecule has 0 aliphatic rings. The highest BCUT2D eigenvalue weighted by Gasteiger charge is 2.31. The van der Waals surface area contributed by atoms with Crippen molar-refractivity contribution in [3.63, 3.8) is 0 Å². The van der Waals surface area contributed by atoms with Gasteiger partial charge in [0.25, 0.3) is 0 Å². The minimum absolute atomic E-state index is 0.104. The third kappa shape index (κ3) is 7.25. The number of likely N-dealkylation sites (N-methyl/N-ethyl adjacent to an activating group) is 1. The highest BCUT2D eigenvalue weighted by Crippen LogP contribution is 2.30. The van der Waals surface area contributed by atoms with Gasteiger partial charge >= 0.3 is 0 Å². The van der Waals surface area contributed by atoms with Gasteiger partial charge < -0.3 is 15.0 Å². The van der Waals surface area contributed by atoms with Crippen molar-refractivity contribution in [1.82, 2.24) is 10.2 Å². The molecule has 0 heterocycles. The number of carbonyl (C=O) groups is 2. The number of nitrogens with zero attached hydrogens (tertiary/aromatic N) is 2. The maximum atomic E-state index is 13.5. The van der Waals surface area contributed by atoms with Crippen LogP contribution in [0.1, 0.15) is 25.8 Å². The molecule has 0 saturated heterocycles. The van der Waals surface area contributed by atoms with E-state index in [-0.39, 0.29) is 23.2 Å². The largest absolute Gasteiger partial charge is 0.495 e. The second kappa shape index (κ2) is 12.3. The van der Waals surface area contributed by atoms with Crippen LogP contribution in [-0.4, -0.2) is 57.6 Å². The van der Waals surface area contributed by atoms with Crippen molar-refractivity contribution in [2.75, 3.05) is 30.8 Å². The summed E-state index contributed by atoms with van der Waals surface area (Å²) < 4.78 is 31.3. The van der Waals surface area contributed by atoms with E-state index >= 15 is 0 Å². The van der Waals surface area contributed by atoms with Crippen LogP contribution < -0.4 is 14.4 Å². The highest BCUT2D eigenvalue weighted by molar-refractivity contribution is 7.92. The van der Waals surface area contributed by atoms with E-state index in [4.69, 9.17) is 27.9 Å². The standard InChI is InChI=1S/C23H29Cl2N3O5S/c1-5-20(23(30)26-6-2)27(14-16-7-9-17(24)10-8-16)22(29)15-28(34(4,31)32)18-11-12-21(33-3)19(25)13-18/h7-13,20H,5-6,14-15H2,1-4H3,(H,26,30)/t20-/m0/s1. The SMILES string of the molecule is CCNC(=O)[C@H](CC)N(Cc1ccc(Cl)cc1)C(=O)CN(c1ccc(OC)c(Cl)c1)S(C)(=O)=O. The maximum Gasteiger partial charge on any atom is 0.244 e. The number of sulfonamides is 1. The quantitative estimate of drug-likeness (QED) is 0.478. The molecule has 0 unspecified atom stereocenters. The van der Waals surface area contributed by atoms with Crippen molar-refractivity contribution in [1.29, 1.82) is 0 Å². The summed E-state index contributed by atoms with van der Waals surface area (Å²) in [5.41, 5.74) is 0.957. The lowest BCUT2D eigenvalue weighted by Crippen LogP contribution is -2.52. The zero-order valence-corrected chi connectivity index (χ0v) is 21.9. The van der Waals surface area contributed by atoms with E-state index in [1.165, 1.54) is 30.2 Å². The van der Waals surface area contributed by atoms with E-state index in [2.05, 4.69) is 5.32 Å². The fourth-order valence-corrected chi connectivity index (χ4v) is 4.64. The summed E-state index contributed by atoms with van der Waals surface area (Å²) in [5.74, 6) is -0.479. The minimum Gasteiger partial charge on any atom is -0.495 e. The molecule has 186 valence electrons. The van der Waals surface area contributed by atoms with Gasteiger partial charge in [-0.15, -0.1) is 0 Å². The molecule has 1 atom stereocenters. The molecule has 0 spiro atoms.